The van der Waals surface area contributed by atoms with Crippen LogP contribution in [-0.4, -0.2) is 5.75 Å². The number of alkyl halides is 3. The Hall–Kier alpha value is -0.720. The van der Waals surface area contributed by atoms with Crippen LogP contribution >= 0.6 is 58.2 Å². The average molecular weight is 462 g/mol. The molecule has 2 aromatic carbocycles. The average Bonchev–Trinajstić information content (AvgIpc) is 2.53. The van der Waals surface area contributed by atoms with Gasteiger partial charge in [-0.1, -0.05) is 58.5 Å². The molecule has 0 radical (unpaired) electrons. The molecule has 0 aromatic heterocycles. The fraction of sp³-hybridized carbons (Fsp3) is 0.176. The predicted octanol–water partition coefficient (Wildman–Crippen LogP) is 8.00. The summed E-state index contributed by atoms with van der Waals surface area (Å²) in [5.41, 5.74) is -0.157. The lowest BCUT2D eigenvalue weighted by Gasteiger charge is -2.12. The van der Waals surface area contributed by atoms with E-state index >= 15 is 0 Å². The lowest BCUT2D eigenvalue weighted by molar-refractivity contribution is -0.137. The molecule has 0 aliphatic rings. The number of rotatable bonds is 6. The Labute approximate surface area is 173 Å². The first-order valence-electron chi connectivity index (χ1n) is 7.09. The molecule has 0 aliphatic heterocycles. The minimum Gasteiger partial charge on any atom is -0.486 e. The van der Waals surface area contributed by atoms with Crippen LogP contribution in [-0.2, 0) is 12.8 Å². The van der Waals surface area contributed by atoms with E-state index in [-0.39, 0.29) is 16.8 Å². The Morgan fingerprint density at radius 3 is 2.12 bits per heavy atom. The van der Waals surface area contributed by atoms with E-state index in [2.05, 4.69) is 0 Å². The van der Waals surface area contributed by atoms with Crippen molar-refractivity contribution in [3.8, 4) is 5.75 Å². The van der Waals surface area contributed by atoms with Crippen molar-refractivity contribution in [1.29, 1.82) is 0 Å². The zero-order valence-electron chi connectivity index (χ0n) is 12.9. The fourth-order valence-corrected chi connectivity index (χ4v) is 3.81. The van der Waals surface area contributed by atoms with Crippen molar-refractivity contribution in [2.75, 3.05) is 5.75 Å². The first-order valence-corrected chi connectivity index (χ1v) is 9.58. The van der Waals surface area contributed by atoms with Crippen LogP contribution in [0.2, 0.25) is 10.0 Å². The van der Waals surface area contributed by atoms with Gasteiger partial charge in [-0.05, 0) is 35.9 Å². The van der Waals surface area contributed by atoms with Crippen molar-refractivity contribution >= 4 is 58.2 Å². The van der Waals surface area contributed by atoms with E-state index in [1.54, 1.807) is 18.2 Å². The van der Waals surface area contributed by atoms with Gasteiger partial charge in [0, 0.05) is 10.6 Å². The molecule has 0 spiro atoms. The summed E-state index contributed by atoms with van der Waals surface area (Å²) in [7, 11) is 0. The Morgan fingerprint density at radius 1 is 1.04 bits per heavy atom. The molecule has 0 fully saturated rings. The van der Waals surface area contributed by atoms with E-state index in [0.29, 0.717) is 21.4 Å². The van der Waals surface area contributed by atoms with Crippen molar-refractivity contribution in [2.24, 2.45) is 0 Å². The first kappa shape index (κ1) is 21.6. The van der Waals surface area contributed by atoms with Crippen LogP contribution in [0.3, 0.4) is 0 Å². The highest BCUT2D eigenvalue weighted by Gasteiger charge is 2.29. The van der Waals surface area contributed by atoms with Crippen molar-refractivity contribution < 1.29 is 17.9 Å². The number of halogens is 7. The molecule has 0 atom stereocenters. The van der Waals surface area contributed by atoms with Crippen molar-refractivity contribution in [3.05, 3.63) is 68.1 Å². The molecule has 0 N–H and O–H groups in total. The molecular weight excluding hydrogens is 451 g/mol. The van der Waals surface area contributed by atoms with Crippen LogP contribution in [0.4, 0.5) is 13.2 Å². The maximum atomic E-state index is 12.6. The lowest BCUT2D eigenvalue weighted by atomic mass is 10.1. The molecule has 0 bridgehead atoms. The van der Waals surface area contributed by atoms with E-state index in [4.69, 9.17) is 51.1 Å². The number of ether oxygens (including phenoxy) is 1. The molecule has 2 rings (SSSR count). The minimum absolute atomic E-state index is 0.0364. The maximum absolute atomic E-state index is 12.6. The van der Waals surface area contributed by atoms with E-state index < -0.39 is 11.7 Å². The van der Waals surface area contributed by atoms with Gasteiger partial charge in [0.2, 0.25) is 0 Å². The first-order chi connectivity index (χ1) is 12.2. The number of benzene rings is 2. The number of hydrogen-bond acceptors (Lipinski definition) is 2. The van der Waals surface area contributed by atoms with E-state index in [0.717, 1.165) is 17.0 Å². The molecule has 0 unspecified atom stereocenters. The molecule has 0 heterocycles. The summed E-state index contributed by atoms with van der Waals surface area (Å²) >= 11 is 24.9. The highest BCUT2D eigenvalue weighted by molar-refractivity contribution is 7.99. The molecule has 2 aromatic rings. The van der Waals surface area contributed by atoms with Crippen molar-refractivity contribution in [1.82, 2.24) is 0 Å². The van der Waals surface area contributed by atoms with E-state index in [9.17, 15) is 13.2 Å². The highest BCUT2D eigenvalue weighted by Crippen LogP contribution is 2.38. The summed E-state index contributed by atoms with van der Waals surface area (Å²) in [5.74, 6) is 0.810. The van der Waals surface area contributed by atoms with Gasteiger partial charge in [-0.15, -0.1) is 11.8 Å². The smallest absolute Gasteiger partial charge is 0.416 e. The Morgan fingerprint density at radius 2 is 1.62 bits per heavy atom. The monoisotopic (exact) mass is 460 g/mol. The zero-order chi connectivity index (χ0) is 19.3. The maximum Gasteiger partial charge on any atom is 0.416 e. The predicted molar refractivity (Wildman–Crippen MR) is 103 cm³/mol. The van der Waals surface area contributed by atoms with Gasteiger partial charge >= 0.3 is 6.18 Å². The minimum atomic E-state index is -4.37. The molecule has 9 heteroatoms. The third-order valence-corrected chi connectivity index (χ3v) is 4.90. The van der Waals surface area contributed by atoms with Gasteiger partial charge in [0.1, 0.15) is 11.1 Å². The second-order valence-corrected chi connectivity index (χ2v) is 7.92. The standard InChI is InChI=1S/C17H11Cl4F3OS/c18-13-7-12(26-6-5-15(20)21)8-14(19)16(13)25-9-10-1-3-11(4-2-10)17(22,23)24/h1-5,7-8H,6,9H2. The van der Waals surface area contributed by atoms with Crippen molar-refractivity contribution in [3.63, 3.8) is 0 Å². The quantitative estimate of drug-likeness (QED) is 0.403. The molecule has 0 aliphatic carbocycles. The van der Waals surface area contributed by atoms with Crippen LogP contribution in [0.5, 0.6) is 5.75 Å². The van der Waals surface area contributed by atoms with Crippen LogP contribution in [0.1, 0.15) is 11.1 Å². The van der Waals surface area contributed by atoms with Gasteiger partial charge in [-0.25, -0.2) is 0 Å². The molecule has 26 heavy (non-hydrogen) atoms. The van der Waals surface area contributed by atoms with Gasteiger partial charge in [-0.2, -0.15) is 13.2 Å². The molecule has 1 nitrogen and oxygen atoms in total. The van der Waals surface area contributed by atoms with Crippen LogP contribution in [0.25, 0.3) is 0 Å². The second kappa shape index (κ2) is 9.47. The van der Waals surface area contributed by atoms with Gasteiger partial charge in [0.25, 0.3) is 0 Å². The Kier molecular flexibility index (Phi) is 7.86. The molecular formula is C17H11Cl4F3OS. The summed E-state index contributed by atoms with van der Waals surface area (Å²) in [6.07, 6.45) is -2.74. The van der Waals surface area contributed by atoms with Crippen molar-refractivity contribution in [2.45, 2.75) is 17.7 Å². The van der Waals surface area contributed by atoms with Gasteiger partial charge in [-0.3, -0.25) is 0 Å². The molecule has 0 amide bonds. The Balaban J connectivity index is 2.04. The van der Waals surface area contributed by atoms with Gasteiger partial charge in [0.05, 0.1) is 15.6 Å². The highest BCUT2D eigenvalue weighted by atomic mass is 35.5. The fourth-order valence-electron chi connectivity index (χ4n) is 1.90. The van der Waals surface area contributed by atoms with Crippen LogP contribution in [0.15, 0.2) is 51.9 Å². The largest absolute Gasteiger partial charge is 0.486 e. The Bertz CT molecular complexity index is 765. The van der Waals surface area contributed by atoms with Crippen LogP contribution in [0, 0.1) is 0 Å². The van der Waals surface area contributed by atoms with Gasteiger partial charge < -0.3 is 4.74 Å². The second-order valence-electron chi connectivity index (χ2n) is 5.00. The molecule has 140 valence electrons. The summed E-state index contributed by atoms with van der Waals surface area (Å²) in [5, 5.41) is 0.598. The zero-order valence-corrected chi connectivity index (χ0v) is 16.8. The van der Waals surface area contributed by atoms with Gasteiger partial charge in [0.15, 0.2) is 5.75 Å². The summed E-state index contributed by atoms with van der Waals surface area (Å²) in [6, 6.07) is 8.04. The summed E-state index contributed by atoms with van der Waals surface area (Å²) < 4.78 is 43.4. The normalized spacial score (nSPS) is 11.3. The lowest BCUT2D eigenvalue weighted by Crippen LogP contribution is -2.05. The topological polar surface area (TPSA) is 9.23 Å². The summed E-state index contributed by atoms with van der Waals surface area (Å²) in [6.45, 7) is 0.0364. The third kappa shape index (κ3) is 6.46. The van der Waals surface area contributed by atoms with E-state index in [1.165, 1.54) is 23.9 Å². The number of thioether (sulfide) groups is 1. The molecule has 0 saturated heterocycles. The molecule has 0 saturated carbocycles. The van der Waals surface area contributed by atoms with Crippen LogP contribution < -0.4 is 4.74 Å². The SMILES string of the molecule is FC(F)(F)c1ccc(COc2c(Cl)cc(SCC=C(Cl)Cl)cc2Cl)cc1. The van der Waals surface area contributed by atoms with E-state index in [1.807, 2.05) is 0 Å². The summed E-state index contributed by atoms with van der Waals surface area (Å²) in [4.78, 5) is 0.799. The number of hydrogen-bond donors (Lipinski definition) is 0. The third-order valence-electron chi connectivity index (χ3n) is 3.12.